The molecular weight excluding hydrogens is 321 g/mol. The lowest BCUT2D eigenvalue weighted by molar-refractivity contribution is -0.120. The van der Waals surface area contributed by atoms with Gasteiger partial charge in [-0.25, -0.2) is 4.90 Å². The fraction of sp³-hybridized carbons (Fsp3) is 0.286. The maximum absolute atomic E-state index is 12.4. The predicted octanol–water partition coefficient (Wildman–Crippen LogP) is 4.39. The topological polar surface area (TPSA) is 37.4 Å². The van der Waals surface area contributed by atoms with Crippen LogP contribution in [0.1, 0.15) is 25.7 Å². The normalized spacial score (nSPS) is 18.9. The molecule has 0 radical (unpaired) electrons. The van der Waals surface area contributed by atoms with Gasteiger partial charge >= 0.3 is 0 Å². The van der Waals surface area contributed by atoms with Crippen LogP contribution in [0.4, 0.5) is 5.69 Å². The summed E-state index contributed by atoms with van der Waals surface area (Å²) in [6.07, 6.45) is 3.16. The summed E-state index contributed by atoms with van der Waals surface area (Å²) in [5, 5.41) is 0.787. The molecular formula is C14H10Cl3NO2. The van der Waals surface area contributed by atoms with Crippen molar-refractivity contribution in [3.63, 3.8) is 0 Å². The van der Waals surface area contributed by atoms with Crippen molar-refractivity contribution >= 4 is 52.3 Å². The predicted molar refractivity (Wildman–Crippen MR) is 79.5 cm³/mol. The van der Waals surface area contributed by atoms with Gasteiger partial charge in [0.15, 0.2) is 0 Å². The minimum absolute atomic E-state index is 0.237. The van der Waals surface area contributed by atoms with Gasteiger partial charge in [-0.15, -0.1) is 0 Å². The van der Waals surface area contributed by atoms with E-state index in [2.05, 4.69) is 0 Å². The first kappa shape index (κ1) is 13.9. The number of carbonyl (C=O) groups excluding carboxylic acids is 2. The lowest BCUT2D eigenvalue weighted by Gasteiger charge is -2.17. The molecule has 1 heterocycles. The van der Waals surface area contributed by atoms with Gasteiger partial charge in [0.2, 0.25) is 0 Å². The van der Waals surface area contributed by atoms with Crippen molar-refractivity contribution in [2.24, 2.45) is 0 Å². The Morgan fingerprint density at radius 1 is 0.800 bits per heavy atom. The lowest BCUT2D eigenvalue weighted by Crippen LogP contribution is -2.31. The van der Waals surface area contributed by atoms with Gasteiger partial charge < -0.3 is 0 Å². The van der Waals surface area contributed by atoms with E-state index < -0.39 is 0 Å². The van der Waals surface area contributed by atoms with Gasteiger partial charge in [-0.05, 0) is 37.8 Å². The summed E-state index contributed by atoms with van der Waals surface area (Å²) in [6, 6.07) is 2.90. The van der Waals surface area contributed by atoms with Gasteiger partial charge in [-0.3, -0.25) is 9.59 Å². The van der Waals surface area contributed by atoms with Gasteiger partial charge in [-0.1, -0.05) is 34.8 Å². The smallest absolute Gasteiger partial charge is 0.261 e. The quantitative estimate of drug-likeness (QED) is 0.565. The van der Waals surface area contributed by atoms with E-state index in [0.717, 1.165) is 17.7 Å². The molecule has 0 N–H and O–H groups in total. The van der Waals surface area contributed by atoms with Crippen LogP contribution in [-0.4, -0.2) is 11.8 Å². The maximum atomic E-state index is 12.4. The third-order valence-electron chi connectivity index (χ3n) is 3.62. The molecule has 1 aliphatic heterocycles. The Morgan fingerprint density at radius 3 is 1.85 bits per heavy atom. The van der Waals surface area contributed by atoms with Crippen LogP contribution in [0.5, 0.6) is 0 Å². The van der Waals surface area contributed by atoms with E-state index in [1.165, 1.54) is 12.1 Å². The Morgan fingerprint density at radius 2 is 1.30 bits per heavy atom. The first-order chi connectivity index (χ1) is 9.50. The standard InChI is InChI=1S/C14H10Cl3NO2/c15-9-5-11(17)12(6-10(9)16)18-13(19)7-3-1-2-4-8(7)14(18)20/h5-6H,1-4H2. The van der Waals surface area contributed by atoms with E-state index in [1.807, 2.05) is 0 Å². The highest BCUT2D eigenvalue weighted by Gasteiger charge is 2.40. The first-order valence-electron chi connectivity index (χ1n) is 6.26. The van der Waals surface area contributed by atoms with Crippen molar-refractivity contribution in [2.45, 2.75) is 25.7 Å². The molecule has 3 rings (SSSR count). The molecule has 0 saturated heterocycles. The number of carbonyl (C=O) groups is 2. The molecule has 1 aromatic rings. The Labute approximate surface area is 131 Å². The summed E-state index contributed by atoms with van der Waals surface area (Å²) in [7, 11) is 0. The highest BCUT2D eigenvalue weighted by molar-refractivity contribution is 6.45. The van der Waals surface area contributed by atoms with E-state index in [-0.39, 0.29) is 26.9 Å². The minimum atomic E-state index is -0.287. The molecule has 3 nitrogen and oxygen atoms in total. The molecule has 2 aliphatic rings. The van der Waals surface area contributed by atoms with Crippen molar-refractivity contribution in [3.05, 3.63) is 38.3 Å². The van der Waals surface area contributed by atoms with Crippen molar-refractivity contribution in [1.82, 2.24) is 0 Å². The number of nitrogens with zero attached hydrogens (tertiary/aromatic N) is 1. The minimum Gasteiger partial charge on any atom is -0.269 e. The van der Waals surface area contributed by atoms with Crippen LogP contribution in [0.3, 0.4) is 0 Å². The van der Waals surface area contributed by atoms with Crippen molar-refractivity contribution < 1.29 is 9.59 Å². The van der Waals surface area contributed by atoms with Crippen LogP contribution in [0, 0.1) is 0 Å². The molecule has 6 heteroatoms. The number of benzene rings is 1. The second-order valence-electron chi connectivity index (χ2n) is 4.83. The van der Waals surface area contributed by atoms with Crippen molar-refractivity contribution in [3.8, 4) is 0 Å². The summed E-state index contributed by atoms with van der Waals surface area (Å²) in [5.74, 6) is -0.574. The fourth-order valence-electron chi connectivity index (χ4n) is 2.64. The van der Waals surface area contributed by atoms with Crippen LogP contribution in [0.15, 0.2) is 23.3 Å². The summed E-state index contributed by atoms with van der Waals surface area (Å²) in [5.41, 5.74) is 1.53. The third-order valence-corrected chi connectivity index (χ3v) is 4.65. The molecule has 0 fully saturated rings. The molecule has 1 aromatic carbocycles. The number of anilines is 1. The van der Waals surface area contributed by atoms with Gasteiger partial charge in [0.1, 0.15) is 0 Å². The zero-order valence-corrected chi connectivity index (χ0v) is 12.6. The van der Waals surface area contributed by atoms with E-state index in [9.17, 15) is 9.59 Å². The van der Waals surface area contributed by atoms with Crippen molar-refractivity contribution in [2.75, 3.05) is 4.90 Å². The first-order valence-corrected chi connectivity index (χ1v) is 7.39. The zero-order chi connectivity index (χ0) is 14.4. The number of amides is 2. The van der Waals surface area contributed by atoms with Crippen LogP contribution in [0.2, 0.25) is 15.1 Å². The average Bonchev–Trinajstić information content (AvgIpc) is 2.68. The number of halogens is 3. The second kappa shape index (κ2) is 5.06. The van der Waals surface area contributed by atoms with Gasteiger partial charge in [0.05, 0.1) is 20.8 Å². The van der Waals surface area contributed by atoms with E-state index in [4.69, 9.17) is 34.8 Å². The van der Waals surface area contributed by atoms with Crippen molar-refractivity contribution in [1.29, 1.82) is 0 Å². The Kier molecular flexibility index (Phi) is 3.53. The molecule has 104 valence electrons. The number of rotatable bonds is 1. The van der Waals surface area contributed by atoms with Gasteiger partial charge in [-0.2, -0.15) is 0 Å². The molecule has 0 aromatic heterocycles. The van der Waals surface area contributed by atoms with Crippen LogP contribution in [-0.2, 0) is 9.59 Å². The Balaban J connectivity index is 2.07. The fourth-order valence-corrected chi connectivity index (χ4v) is 3.27. The van der Waals surface area contributed by atoms with E-state index in [1.54, 1.807) is 0 Å². The Bertz CT molecular complexity index is 639. The molecule has 1 aliphatic carbocycles. The molecule has 0 spiro atoms. The third kappa shape index (κ3) is 2.05. The Hall–Kier alpha value is -1.03. The lowest BCUT2D eigenvalue weighted by atomic mass is 9.93. The van der Waals surface area contributed by atoms with E-state index >= 15 is 0 Å². The monoisotopic (exact) mass is 329 g/mol. The molecule has 20 heavy (non-hydrogen) atoms. The van der Waals surface area contributed by atoms with Gasteiger partial charge in [0, 0.05) is 11.1 Å². The molecule has 0 bridgehead atoms. The number of hydrogen-bond acceptors (Lipinski definition) is 2. The highest BCUT2D eigenvalue weighted by atomic mass is 35.5. The molecule has 2 amide bonds. The molecule has 0 saturated carbocycles. The van der Waals surface area contributed by atoms with Gasteiger partial charge in [0.25, 0.3) is 11.8 Å². The average molecular weight is 331 g/mol. The summed E-state index contributed by atoms with van der Waals surface area (Å²) < 4.78 is 0. The SMILES string of the molecule is O=C1C2=C(CCCC2)C(=O)N1c1cc(Cl)c(Cl)cc1Cl. The molecule has 0 unspecified atom stereocenters. The van der Waals surface area contributed by atoms with Crippen LogP contribution < -0.4 is 4.90 Å². The van der Waals surface area contributed by atoms with Crippen LogP contribution in [0.25, 0.3) is 0 Å². The largest absolute Gasteiger partial charge is 0.269 e. The number of imide groups is 1. The molecule has 0 atom stereocenters. The number of hydrogen-bond donors (Lipinski definition) is 0. The summed E-state index contributed by atoms with van der Waals surface area (Å²) in [6.45, 7) is 0. The second-order valence-corrected chi connectivity index (χ2v) is 6.05. The van der Waals surface area contributed by atoms with E-state index in [0.29, 0.717) is 29.7 Å². The maximum Gasteiger partial charge on any atom is 0.261 e. The summed E-state index contributed by atoms with van der Waals surface area (Å²) >= 11 is 17.9. The zero-order valence-electron chi connectivity index (χ0n) is 10.4. The highest BCUT2D eigenvalue weighted by Crippen LogP contribution is 2.40. The summed E-state index contributed by atoms with van der Waals surface area (Å²) in [4.78, 5) is 25.9. The van der Waals surface area contributed by atoms with Crippen LogP contribution >= 0.6 is 34.8 Å².